The number of carboxylic acids is 1. The fraction of sp³-hybridized carbons (Fsp3) is 0.500. The summed E-state index contributed by atoms with van der Waals surface area (Å²) in [6.07, 6.45) is 0. The van der Waals surface area contributed by atoms with Gasteiger partial charge in [-0.15, -0.1) is 0 Å². The van der Waals surface area contributed by atoms with Crippen LogP contribution < -0.4 is 0 Å². The van der Waals surface area contributed by atoms with E-state index in [4.69, 9.17) is 9.66 Å². The smallest absolute Gasteiger partial charge is 0.321 e. The third kappa shape index (κ3) is 11.6. The Labute approximate surface area is 68.0 Å². The van der Waals surface area contributed by atoms with Gasteiger partial charge in [0, 0.05) is 23.1 Å². The summed E-state index contributed by atoms with van der Waals surface area (Å²) < 4.78 is 27.0. The second-order valence-electron chi connectivity index (χ2n) is 1.12. The zero-order valence-electron chi connectivity index (χ0n) is 4.44. The third-order valence-corrected chi connectivity index (χ3v) is 0.918. The van der Waals surface area contributed by atoms with Crippen molar-refractivity contribution < 1.29 is 22.9 Å². The highest BCUT2D eigenvalue weighted by atomic mass is 32.2. The van der Waals surface area contributed by atoms with Gasteiger partial charge in [-0.1, -0.05) is 0 Å². The largest absolute Gasteiger partial charge is 0.480 e. The van der Waals surface area contributed by atoms with Gasteiger partial charge >= 0.3 is 5.97 Å². The third-order valence-electron chi connectivity index (χ3n) is 0.306. The molecule has 0 rings (SSSR count). The molecule has 0 bridgehead atoms. The Morgan fingerprint density at radius 2 is 1.78 bits per heavy atom. The van der Waals surface area contributed by atoms with E-state index in [2.05, 4.69) is 0 Å². The molecule has 0 aliphatic carbocycles. The molecule has 0 spiro atoms. The van der Waals surface area contributed by atoms with E-state index in [9.17, 15) is 13.2 Å². The molecule has 0 aromatic carbocycles. The number of aliphatic carboxylic acids is 1. The molecule has 0 aromatic rings. The highest BCUT2D eigenvalue weighted by molar-refractivity contribution is 7.86. The van der Waals surface area contributed by atoms with Crippen LogP contribution in [0.15, 0.2) is 0 Å². The SMILES string of the molecule is O=C(O)CS(=O)(=O)O.[Mg]. The van der Waals surface area contributed by atoms with E-state index in [1.165, 1.54) is 0 Å². The molecule has 0 saturated heterocycles. The Balaban J connectivity index is 0. The van der Waals surface area contributed by atoms with E-state index in [1.807, 2.05) is 0 Å². The van der Waals surface area contributed by atoms with E-state index >= 15 is 0 Å². The van der Waals surface area contributed by atoms with Gasteiger partial charge in [-0.25, -0.2) is 0 Å². The summed E-state index contributed by atoms with van der Waals surface area (Å²) in [5.74, 6) is -2.79. The molecular formula is C2H4MgO5S. The van der Waals surface area contributed by atoms with Crippen LogP contribution in [-0.2, 0) is 14.9 Å². The second kappa shape index (κ2) is 4.04. The van der Waals surface area contributed by atoms with Crippen LogP contribution in [-0.4, -0.2) is 52.9 Å². The Kier molecular flexibility index (Phi) is 5.34. The summed E-state index contributed by atoms with van der Waals surface area (Å²) in [6.45, 7) is 0. The maximum Gasteiger partial charge on any atom is 0.321 e. The summed E-state index contributed by atoms with van der Waals surface area (Å²) >= 11 is 0. The summed E-state index contributed by atoms with van der Waals surface area (Å²) in [5, 5.41) is 7.71. The van der Waals surface area contributed by atoms with Gasteiger partial charge in [0.1, 0.15) is 0 Å². The molecule has 0 heterocycles. The molecule has 0 unspecified atom stereocenters. The number of carboxylic acid groups (broad SMARTS) is 1. The van der Waals surface area contributed by atoms with Gasteiger partial charge in [0.15, 0.2) is 5.75 Å². The van der Waals surface area contributed by atoms with E-state index in [-0.39, 0.29) is 23.1 Å². The van der Waals surface area contributed by atoms with Crippen molar-refractivity contribution in [3.8, 4) is 0 Å². The summed E-state index contributed by atoms with van der Waals surface area (Å²) in [4.78, 5) is 9.48. The summed E-state index contributed by atoms with van der Waals surface area (Å²) in [7, 11) is -4.32. The lowest BCUT2D eigenvalue weighted by molar-refractivity contribution is -0.134. The Morgan fingerprint density at radius 1 is 1.44 bits per heavy atom. The van der Waals surface area contributed by atoms with Crippen LogP contribution in [0.1, 0.15) is 0 Å². The molecule has 2 radical (unpaired) electrons. The van der Waals surface area contributed by atoms with Crippen molar-refractivity contribution in [2.24, 2.45) is 0 Å². The molecule has 0 amide bonds. The number of hydrogen-bond donors (Lipinski definition) is 2. The molecule has 9 heavy (non-hydrogen) atoms. The molecule has 2 N–H and O–H groups in total. The first-order chi connectivity index (χ1) is 3.42. The van der Waals surface area contributed by atoms with Gasteiger partial charge in [0.25, 0.3) is 10.1 Å². The first kappa shape index (κ1) is 11.9. The lowest BCUT2D eigenvalue weighted by atomic mass is 10.8. The van der Waals surface area contributed by atoms with Crippen LogP contribution in [0.4, 0.5) is 0 Å². The fourth-order valence-corrected chi connectivity index (χ4v) is 0.468. The van der Waals surface area contributed by atoms with Gasteiger partial charge in [0.05, 0.1) is 0 Å². The second-order valence-corrected chi connectivity index (χ2v) is 2.57. The van der Waals surface area contributed by atoms with Crippen molar-refractivity contribution in [1.82, 2.24) is 0 Å². The molecule has 7 heteroatoms. The van der Waals surface area contributed by atoms with Gasteiger partial charge in [-0.2, -0.15) is 8.42 Å². The summed E-state index contributed by atoms with van der Waals surface area (Å²) in [5.41, 5.74) is 0. The lowest BCUT2D eigenvalue weighted by Gasteiger charge is -1.85. The van der Waals surface area contributed by atoms with Crippen LogP contribution >= 0.6 is 0 Å². The Hall–Kier alpha value is 0.146. The first-order valence-corrected chi connectivity index (χ1v) is 3.20. The topological polar surface area (TPSA) is 91.7 Å². The molecule has 0 aliphatic heterocycles. The quantitative estimate of drug-likeness (QED) is 0.386. The number of carbonyl (C=O) groups is 1. The average Bonchev–Trinajstić information content (AvgIpc) is 1.21. The number of hydrogen-bond acceptors (Lipinski definition) is 3. The minimum absolute atomic E-state index is 0. The van der Waals surface area contributed by atoms with Crippen molar-refractivity contribution in [3.63, 3.8) is 0 Å². The van der Waals surface area contributed by atoms with Gasteiger partial charge in [0.2, 0.25) is 0 Å². The van der Waals surface area contributed by atoms with Crippen molar-refractivity contribution in [3.05, 3.63) is 0 Å². The van der Waals surface area contributed by atoms with E-state index < -0.39 is 21.8 Å². The molecule has 0 atom stereocenters. The van der Waals surface area contributed by atoms with Crippen molar-refractivity contribution in [2.45, 2.75) is 0 Å². The maximum absolute atomic E-state index is 9.62. The van der Waals surface area contributed by atoms with Crippen LogP contribution in [0, 0.1) is 0 Å². The maximum atomic E-state index is 9.62. The summed E-state index contributed by atoms with van der Waals surface area (Å²) in [6, 6.07) is 0. The molecule has 0 saturated carbocycles. The first-order valence-electron chi connectivity index (χ1n) is 1.59. The van der Waals surface area contributed by atoms with Gasteiger partial charge < -0.3 is 5.11 Å². The van der Waals surface area contributed by atoms with Gasteiger partial charge in [-0.3, -0.25) is 9.35 Å². The van der Waals surface area contributed by atoms with Crippen molar-refractivity contribution in [1.29, 1.82) is 0 Å². The molecule has 0 aliphatic rings. The zero-order valence-corrected chi connectivity index (χ0v) is 6.67. The molecule has 50 valence electrons. The lowest BCUT2D eigenvalue weighted by Crippen LogP contribution is -2.13. The van der Waals surface area contributed by atoms with E-state index in [1.54, 1.807) is 0 Å². The van der Waals surface area contributed by atoms with Crippen molar-refractivity contribution in [2.75, 3.05) is 5.75 Å². The standard InChI is InChI=1S/C2H4O5S.Mg/c3-2(4)1-8(5,6)7;/h1H2,(H,3,4)(H,5,6,7);. The number of rotatable bonds is 2. The van der Waals surface area contributed by atoms with Crippen molar-refractivity contribution >= 4 is 39.1 Å². The Morgan fingerprint density at radius 3 is 1.78 bits per heavy atom. The monoisotopic (exact) mass is 164 g/mol. The highest BCUT2D eigenvalue weighted by Crippen LogP contribution is 1.78. The molecule has 5 nitrogen and oxygen atoms in total. The average molecular weight is 164 g/mol. The fourth-order valence-electron chi connectivity index (χ4n) is 0.156. The zero-order chi connectivity index (χ0) is 6.78. The molecule has 0 fully saturated rings. The van der Waals surface area contributed by atoms with Crippen LogP contribution in [0.5, 0.6) is 0 Å². The van der Waals surface area contributed by atoms with Gasteiger partial charge in [-0.05, 0) is 0 Å². The van der Waals surface area contributed by atoms with E-state index in [0.29, 0.717) is 0 Å². The van der Waals surface area contributed by atoms with Crippen LogP contribution in [0.2, 0.25) is 0 Å². The molecular weight excluding hydrogens is 160 g/mol. The highest BCUT2D eigenvalue weighted by Gasteiger charge is 2.09. The van der Waals surface area contributed by atoms with Crippen LogP contribution in [0.25, 0.3) is 0 Å². The molecule has 0 aromatic heterocycles. The Bertz CT molecular complexity index is 181. The van der Waals surface area contributed by atoms with E-state index in [0.717, 1.165) is 0 Å². The predicted molar refractivity (Wildman–Crippen MR) is 29.8 cm³/mol. The minimum Gasteiger partial charge on any atom is -0.480 e. The normalized spacial score (nSPS) is 9.89. The predicted octanol–water partition coefficient (Wildman–Crippen LogP) is -1.42. The minimum atomic E-state index is -4.32. The van der Waals surface area contributed by atoms with Crippen LogP contribution in [0.3, 0.4) is 0 Å².